The molecular weight excluding hydrogens is 258 g/mol. The number of hydrogen-bond donors (Lipinski definition) is 0. The van der Waals surface area contributed by atoms with Crippen molar-refractivity contribution in [2.24, 2.45) is 0 Å². The Hall–Kier alpha value is -2.04. The molecule has 5 nitrogen and oxygen atoms in total. The summed E-state index contributed by atoms with van der Waals surface area (Å²) in [7, 11) is 1.34. The van der Waals surface area contributed by atoms with Gasteiger partial charge in [0.2, 0.25) is 0 Å². The van der Waals surface area contributed by atoms with Crippen molar-refractivity contribution in [2.75, 3.05) is 13.7 Å². The van der Waals surface area contributed by atoms with Crippen molar-refractivity contribution in [3.63, 3.8) is 0 Å². The highest BCUT2D eigenvalue weighted by Gasteiger charge is 2.33. The van der Waals surface area contributed by atoms with Crippen LogP contribution in [0.1, 0.15) is 24.8 Å². The molecule has 1 atom stereocenters. The molecule has 1 saturated heterocycles. The number of nitrogens with zero attached hydrogens (tertiary/aromatic N) is 1. The molecular formula is C15H19NO4. The zero-order valence-electron chi connectivity index (χ0n) is 11.6. The molecule has 0 N–H and O–H groups in total. The molecule has 1 unspecified atom stereocenters. The van der Waals surface area contributed by atoms with Gasteiger partial charge < -0.3 is 9.47 Å². The van der Waals surface area contributed by atoms with Crippen LogP contribution in [0, 0.1) is 0 Å². The van der Waals surface area contributed by atoms with Gasteiger partial charge in [-0.15, -0.1) is 0 Å². The first-order valence-electron chi connectivity index (χ1n) is 6.77. The van der Waals surface area contributed by atoms with Gasteiger partial charge in [-0.3, -0.25) is 4.90 Å². The van der Waals surface area contributed by atoms with Crippen LogP contribution >= 0.6 is 0 Å². The smallest absolute Gasteiger partial charge is 0.410 e. The molecule has 1 fully saturated rings. The molecule has 2 rings (SSSR count). The van der Waals surface area contributed by atoms with Crippen molar-refractivity contribution in [3.05, 3.63) is 35.9 Å². The van der Waals surface area contributed by atoms with Gasteiger partial charge in [-0.2, -0.15) is 0 Å². The van der Waals surface area contributed by atoms with Crippen molar-refractivity contribution in [2.45, 2.75) is 31.9 Å². The zero-order valence-corrected chi connectivity index (χ0v) is 11.6. The normalized spacial score (nSPS) is 18.4. The van der Waals surface area contributed by atoms with Crippen LogP contribution in [0.5, 0.6) is 0 Å². The average Bonchev–Trinajstić information content (AvgIpc) is 2.52. The summed E-state index contributed by atoms with van der Waals surface area (Å²) in [5, 5.41) is 0. The Balaban J connectivity index is 1.94. The largest absolute Gasteiger partial charge is 0.467 e. The summed E-state index contributed by atoms with van der Waals surface area (Å²) in [5.41, 5.74) is 0.924. The minimum atomic E-state index is -0.517. The lowest BCUT2D eigenvalue weighted by molar-refractivity contribution is -0.147. The summed E-state index contributed by atoms with van der Waals surface area (Å²) < 4.78 is 10.0. The second kappa shape index (κ2) is 6.93. The van der Waals surface area contributed by atoms with E-state index < -0.39 is 12.1 Å². The molecule has 0 bridgehead atoms. The highest BCUT2D eigenvalue weighted by atomic mass is 16.6. The number of esters is 1. The number of hydrogen-bond acceptors (Lipinski definition) is 4. The standard InChI is InChI=1S/C15H19NO4/c1-19-14(17)13-9-5-6-10-16(13)15(18)20-11-12-7-3-2-4-8-12/h2-4,7-8,13H,5-6,9-11H2,1H3. The maximum absolute atomic E-state index is 12.1. The minimum Gasteiger partial charge on any atom is -0.467 e. The van der Waals surface area contributed by atoms with E-state index in [4.69, 9.17) is 9.47 Å². The molecule has 0 aliphatic carbocycles. The van der Waals surface area contributed by atoms with E-state index in [1.54, 1.807) is 0 Å². The molecule has 1 heterocycles. The summed E-state index contributed by atoms with van der Waals surface area (Å²) in [6, 6.07) is 8.95. The summed E-state index contributed by atoms with van der Waals surface area (Å²) in [5.74, 6) is -0.374. The van der Waals surface area contributed by atoms with E-state index in [-0.39, 0.29) is 12.6 Å². The van der Waals surface area contributed by atoms with Crippen LogP contribution in [0.2, 0.25) is 0 Å². The topological polar surface area (TPSA) is 55.8 Å². The molecule has 1 aliphatic heterocycles. The third-order valence-corrected chi connectivity index (χ3v) is 3.42. The van der Waals surface area contributed by atoms with Crippen LogP contribution in [-0.2, 0) is 20.9 Å². The number of amides is 1. The van der Waals surface area contributed by atoms with E-state index in [0.717, 1.165) is 18.4 Å². The lowest BCUT2D eigenvalue weighted by Crippen LogP contribution is -2.48. The first-order chi connectivity index (χ1) is 9.72. The fourth-order valence-corrected chi connectivity index (χ4v) is 2.33. The maximum atomic E-state index is 12.1. The summed E-state index contributed by atoms with van der Waals surface area (Å²) in [4.78, 5) is 25.3. The van der Waals surface area contributed by atoms with Gasteiger partial charge in [0.1, 0.15) is 12.6 Å². The van der Waals surface area contributed by atoms with Crippen LogP contribution in [-0.4, -0.2) is 36.7 Å². The van der Waals surface area contributed by atoms with Gasteiger partial charge in [0.05, 0.1) is 7.11 Å². The number of likely N-dealkylation sites (tertiary alicyclic amines) is 1. The first kappa shape index (κ1) is 14.4. The molecule has 0 aromatic heterocycles. The molecule has 20 heavy (non-hydrogen) atoms. The second-order valence-electron chi connectivity index (χ2n) is 4.77. The van der Waals surface area contributed by atoms with E-state index in [1.807, 2.05) is 30.3 Å². The molecule has 0 spiro atoms. The van der Waals surface area contributed by atoms with Crippen LogP contribution in [0.3, 0.4) is 0 Å². The predicted octanol–water partition coefficient (Wildman–Crippen LogP) is 2.35. The Morgan fingerprint density at radius 1 is 1.25 bits per heavy atom. The number of benzene rings is 1. The Bertz CT molecular complexity index is 460. The molecule has 1 aliphatic rings. The fraction of sp³-hybridized carbons (Fsp3) is 0.467. The Morgan fingerprint density at radius 3 is 2.70 bits per heavy atom. The summed E-state index contributed by atoms with van der Waals surface area (Å²) in [6.45, 7) is 0.747. The Kier molecular flexibility index (Phi) is 4.98. The van der Waals surface area contributed by atoms with Crippen molar-refractivity contribution in [1.82, 2.24) is 4.90 Å². The maximum Gasteiger partial charge on any atom is 0.410 e. The fourth-order valence-electron chi connectivity index (χ4n) is 2.33. The zero-order chi connectivity index (χ0) is 14.4. The molecule has 0 radical (unpaired) electrons. The first-order valence-corrected chi connectivity index (χ1v) is 6.77. The molecule has 5 heteroatoms. The van der Waals surface area contributed by atoms with E-state index in [0.29, 0.717) is 13.0 Å². The van der Waals surface area contributed by atoms with Crippen molar-refractivity contribution in [1.29, 1.82) is 0 Å². The van der Waals surface area contributed by atoms with Crippen LogP contribution in [0.25, 0.3) is 0 Å². The van der Waals surface area contributed by atoms with E-state index >= 15 is 0 Å². The predicted molar refractivity (Wildman–Crippen MR) is 73.0 cm³/mol. The lowest BCUT2D eigenvalue weighted by atomic mass is 10.0. The number of methoxy groups -OCH3 is 1. The van der Waals surface area contributed by atoms with E-state index in [2.05, 4.69) is 0 Å². The number of ether oxygens (including phenoxy) is 2. The van der Waals surface area contributed by atoms with Gasteiger partial charge in [0, 0.05) is 6.54 Å². The van der Waals surface area contributed by atoms with Crippen LogP contribution < -0.4 is 0 Å². The SMILES string of the molecule is COC(=O)C1CCCCN1C(=O)OCc1ccccc1. The van der Waals surface area contributed by atoms with Gasteiger partial charge >= 0.3 is 12.1 Å². The van der Waals surface area contributed by atoms with Gasteiger partial charge in [-0.25, -0.2) is 9.59 Å². The summed E-state index contributed by atoms with van der Waals surface area (Å²) >= 11 is 0. The van der Waals surface area contributed by atoms with Crippen LogP contribution in [0.15, 0.2) is 30.3 Å². The molecule has 1 amide bonds. The monoisotopic (exact) mass is 277 g/mol. The molecule has 108 valence electrons. The minimum absolute atomic E-state index is 0.212. The quantitative estimate of drug-likeness (QED) is 0.796. The summed E-state index contributed by atoms with van der Waals surface area (Å²) in [6.07, 6.45) is 1.98. The van der Waals surface area contributed by atoms with Gasteiger partial charge in [-0.1, -0.05) is 30.3 Å². The van der Waals surface area contributed by atoms with Gasteiger partial charge in [0.15, 0.2) is 0 Å². The van der Waals surface area contributed by atoms with Crippen molar-refractivity contribution < 1.29 is 19.1 Å². The molecule has 1 aromatic carbocycles. The third kappa shape index (κ3) is 3.50. The molecule has 0 saturated carbocycles. The lowest BCUT2D eigenvalue weighted by Gasteiger charge is -2.32. The highest BCUT2D eigenvalue weighted by Crippen LogP contribution is 2.19. The van der Waals surface area contributed by atoms with E-state index in [1.165, 1.54) is 12.0 Å². The highest BCUT2D eigenvalue weighted by molar-refractivity contribution is 5.81. The Morgan fingerprint density at radius 2 is 2.00 bits per heavy atom. The van der Waals surface area contributed by atoms with Gasteiger partial charge in [-0.05, 0) is 24.8 Å². The van der Waals surface area contributed by atoms with E-state index in [9.17, 15) is 9.59 Å². The molecule has 1 aromatic rings. The third-order valence-electron chi connectivity index (χ3n) is 3.42. The second-order valence-corrected chi connectivity index (χ2v) is 4.77. The van der Waals surface area contributed by atoms with Gasteiger partial charge in [0.25, 0.3) is 0 Å². The number of carbonyl (C=O) groups is 2. The number of piperidine rings is 1. The Labute approximate surface area is 118 Å². The number of carbonyl (C=O) groups excluding carboxylic acids is 2. The van der Waals surface area contributed by atoms with Crippen LogP contribution in [0.4, 0.5) is 4.79 Å². The average molecular weight is 277 g/mol. The van der Waals surface area contributed by atoms with Crippen molar-refractivity contribution in [3.8, 4) is 0 Å². The van der Waals surface area contributed by atoms with Crippen molar-refractivity contribution >= 4 is 12.1 Å². The number of rotatable bonds is 3.